The van der Waals surface area contributed by atoms with Crippen LogP contribution >= 0.6 is 12.4 Å². The number of amides is 1. The Morgan fingerprint density at radius 3 is 2.43 bits per heavy atom. The minimum absolute atomic E-state index is 0. The van der Waals surface area contributed by atoms with Crippen LogP contribution in [0.4, 0.5) is 5.69 Å². The molecule has 1 heterocycles. The van der Waals surface area contributed by atoms with Gasteiger partial charge in [0.1, 0.15) is 12.0 Å². The smallest absolute Gasteiger partial charge is 0.269 e. The van der Waals surface area contributed by atoms with Crippen LogP contribution < -0.4 is 11.1 Å². The molecule has 124 valence electrons. The molecule has 0 spiro atoms. The van der Waals surface area contributed by atoms with Crippen molar-refractivity contribution in [3.63, 3.8) is 0 Å². The van der Waals surface area contributed by atoms with E-state index in [9.17, 15) is 14.9 Å². The lowest BCUT2D eigenvalue weighted by Crippen LogP contribution is -2.40. The Hall–Kier alpha value is -2.38. The maximum atomic E-state index is 12.2. The molecular formula is C15H18ClN3O4. The van der Waals surface area contributed by atoms with Gasteiger partial charge in [0, 0.05) is 12.1 Å². The normalized spacial score (nSPS) is 10.7. The van der Waals surface area contributed by atoms with Gasteiger partial charge in [-0.05, 0) is 37.6 Å². The second kappa shape index (κ2) is 7.26. The Labute approximate surface area is 139 Å². The fraction of sp³-hybridized carbons (Fsp3) is 0.267. The van der Waals surface area contributed by atoms with Crippen molar-refractivity contribution in [2.45, 2.75) is 25.9 Å². The number of halogens is 1. The number of non-ortho nitro benzene ring substituents is 1. The maximum absolute atomic E-state index is 12.2. The molecule has 0 radical (unpaired) electrons. The lowest BCUT2D eigenvalue weighted by Gasteiger charge is -2.26. The standard InChI is InChI=1S/C15H17N3O4.ClH/c1-15(2,11-3-5-12(6-4-11)18(20)21)17-14(19)10-7-13(8-16)22-9-10;/h3-7,9H,8,16H2,1-2H3,(H,17,19);1H. The summed E-state index contributed by atoms with van der Waals surface area (Å²) in [6.45, 7) is 3.85. The molecule has 0 unspecified atom stereocenters. The van der Waals surface area contributed by atoms with Crippen LogP contribution in [0.3, 0.4) is 0 Å². The highest BCUT2D eigenvalue weighted by Gasteiger charge is 2.25. The molecule has 0 aliphatic rings. The van der Waals surface area contributed by atoms with Crippen molar-refractivity contribution >= 4 is 24.0 Å². The van der Waals surface area contributed by atoms with Gasteiger partial charge in [-0.3, -0.25) is 14.9 Å². The molecule has 1 amide bonds. The molecule has 23 heavy (non-hydrogen) atoms. The molecule has 1 aromatic heterocycles. The van der Waals surface area contributed by atoms with E-state index in [4.69, 9.17) is 10.2 Å². The molecule has 0 bridgehead atoms. The zero-order valence-corrected chi connectivity index (χ0v) is 13.6. The van der Waals surface area contributed by atoms with Crippen molar-refractivity contribution in [2.75, 3.05) is 0 Å². The number of hydrogen-bond donors (Lipinski definition) is 2. The van der Waals surface area contributed by atoms with Gasteiger partial charge in [0.15, 0.2) is 0 Å². The Morgan fingerprint density at radius 1 is 1.35 bits per heavy atom. The summed E-state index contributed by atoms with van der Waals surface area (Å²) in [6, 6.07) is 7.65. The predicted molar refractivity (Wildman–Crippen MR) is 87.4 cm³/mol. The molecule has 0 atom stereocenters. The zero-order valence-electron chi connectivity index (χ0n) is 12.7. The van der Waals surface area contributed by atoms with Crippen molar-refractivity contribution in [2.24, 2.45) is 5.73 Å². The summed E-state index contributed by atoms with van der Waals surface area (Å²) in [5.74, 6) is 0.227. The molecule has 2 aromatic rings. The summed E-state index contributed by atoms with van der Waals surface area (Å²) in [5.41, 5.74) is 5.90. The Bertz CT molecular complexity index is 695. The summed E-state index contributed by atoms with van der Waals surface area (Å²) in [7, 11) is 0. The molecule has 3 N–H and O–H groups in total. The van der Waals surface area contributed by atoms with E-state index in [1.807, 2.05) is 13.8 Å². The van der Waals surface area contributed by atoms with Crippen LogP contribution in [-0.4, -0.2) is 10.8 Å². The summed E-state index contributed by atoms with van der Waals surface area (Å²) >= 11 is 0. The largest absolute Gasteiger partial charge is 0.467 e. The van der Waals surface area contributed by atoms with Crippen LogP contribution in [0.2, 0.25) is 0 Å². The average molecular weight is 340 g/mol. The number of carbonyl (C=O) groups is 1. The molecule has 1 aromatic carbocycles. The van der Waals surface area contributed by atoms with E-state index in [-0.39, 0.29) is 30.5 Å². The highest BCUT2D eigenvalue weighted by Crippen LogP contribution is 2.23. The number of hydrogen-bond acceptors (Lipinski definition) is 5. The maximum Gasteiger partial charge on any atom is 0.269 e. The molecule has 2 rings (SSSR count). The van der Waals surface area contributed by atoms with Gasteiger partial charge in [0.25, 0.3) is 11.6 Å². The van der Waals surface area contributed by atoms with Gasteiger partial charge >= 0.3 is 0 Å². The third-order valence-corrected chi connectivity index (χ3v) is 3.34. The number of benzene rings is 1. The Kier molecular flexibility index (Phi) is 5.89. The number of furan rings is 1. The van der Waals surface area contributed by atoms with E-state index < -0.39 is 10.5 Å². The molecule has 0 aliphatic carbocycles. The van der Waals surface area contributed by atoms with Gasteiger partial charge in [-0.2, -0.15) is 0 Å². The third-order valence-electron chi connectivity index (χ3n) is 3.34. The quantitative estimate of drug-likeness (QED) is 0.642. The van der Waals surface area contributed by atoms with Gasteiger partial charge in [-0.15, -0.1) is 12.4 Å². The summed E-state index contributed by atoms with van der Waals surface area (Å²) in [4.78, 5) is 22.4. The Balaban J connectivity index is 0.00000264. The topological polar surface area (TPSA) is 111 Å². The van der Waals surface area contributed by atoms with Crippen molar-refractivity contribution in [1.82, 2.24) is 5.32 Å². The first kappa shape index (κ1) is 18.7. The predicted octanol–water partition coefficient (Wildman–Crippen LogP) is 2.73. The van der Waals surface area contributed by atoms with Crippen LogP contribution in [0, 0.1) is 10.1 Å². The van der Waals surface area contributed by atoms with E-state index >= 15 is 0 Å². The first-order chi connectivity index (χ1) is 10.3. The third kappa shape index (κ3) is 4.30. The molecule has 0 saturated heterocycles. The summed E-state index contributed by atoms with van der Waals surface area (Å²) in [6.07, 6.45) is 1.35. The van der Waals surface area contributed by atoms with Gasteiger partial charge in [-0.25, -0.2) is 0 Å². The van der Waals surface area contributed by atoms with Crippen molar-refractivity contribution in [1.29, 1.82) is 0 Å². The first-order valence-corrected chi connectivity index (χ1v) is 6.68. The second-order valence-electron chi connectivity index (χ2n) is 5.39. The second-order valence-corrected chi connectivity index (χ2v) is 5.39. The van der Waals surface area contributed by atoms with Gasteiger partial charge < -0.3 is 15.5 Å². The minimum atomic E-state index is -0.688. The van der Waals surface area contributed by atoms with Crippen LogP contribution in [0.15, 0.2) is 41.0 Å². The van der Waals surface area contributed by atoms with E-state index in [1.165, 1.54) is 18.4 Å². The molecule has 0 fully saturated rings. The zero-order chi connectivity index (χ0) is 16.3. The SMILES string of the molecule is CC(C)(NC(=O)c1coc(CN)c1)c1ccc([N+](=O)[O-])cc1.Cl. The molecule has 0 saturated carbocycles. The number of rotatable bonds is 5. The number of nitrogens with two attached hydrogens (primary N) is 1. The number of nitro groups is 1. The molecule has 8 heteroatoms. The van der Waals surface area contributed by atoms with E-state index in [2.05, 4.69) is 5.32 Å². The molecule has 7 nitrogen and oxygen atoms in total. The van der Waals surface area contributed by atoms with E-state index in [0.29, 0.717) is 11.3 Å². The highest BCUT2D eigenvalue weighted by atomic mass is 35.5. The number of carbonyl (C=O) groups excluding carboxylic acids is 1. The molecule has 0 aliphatic heterocycles. The first-order valence-electron chi connectivity index (χ1n) is 6.68. The van der Waals surface area contributed by atoms with Gasteiger partial charge in [-0.1, -0.05) is 0 Å². The fourth-order valence-electron chi connectivity index (χ4n) is 2.03. The van der Waals surface area contributed by atoms with Crippen LogP contribution in [0.5, 0.6) is 0 Å². The van der Waals surface area contributed by atoms with Crippen molar-refractivity contribution in [3.05, 3.63) is 63.6 Å². The summed E-state index contributed by atoms with van der Waals surface area (Å²) < 4.78 is 5.14. The lowest BCUT2D eigenvalue weighted by atomic mass is 9.93. The monoisotopic (exact) mass is 339 g/mol. The van der Waals surface area contributed by atoms with Crippen molar-refractivity contribution < 1.29 is 14.1 Å². The van der Waals surface area contributed by atoms with E-state index in [0.717, 1.165) is 5.56 Å². The van der Waals surface area contributed by atoms with Crippen LogP contribution in [0.1, 0.15) is 35.5 Å². The van der Waals surface area contributed by atoms with E-state index in [1.54, 1.807) is 18.2 Å². The highest BCUT2D eigenvalue weighted by molar-refractivity contribution is 5.94. The number of nitro benzene ring substituents is 1. The van der Waals surface area contributed by atoms with Crippen LogP contribution in [-0.2, 0) is 12.1 Å². The van der Waals surface area contributed by atoms with Crippen molar-refractivity contribution in [3.8, 4) is 0 Å². The molecular weight excluding hydrogens is 322 g/mol. The van der Waals surface area contributed by atoms with Gasteiger partial charge in [0.2, 0.25) is 0 Å². The summed E-state index contributed by atoms with van der Waals surface area (Å²) in [5, 5.41) is 13.5. The number of nitrogens with zero attached hydrogens (tertiary/aromatic N) is 1. The lowest BCUT2D eigenvalue weighted by molar-refractivity contribution is -0.384. The fourth-order valence-corrected chi connectivity index (χ4v) is 2.03. The Morgan fingerprint density at radius 2 is 1.96 bits per heavy atom. The van der Waals surface area contributed by atoms with Crippen LogP contribution in [0.25, 0.3) is 0 Å². The average Bonchev–Trinajstić information content (AvgIpc) is 2.96. The minimum Gasteiger partial charge on any atom is -0.467 e. The number of nitrogens with one attached hydrogen (secondary N) is 1. The van der Waals surface area contributed by atoms with Gasteiger partial charge in [0.05, 0.1) is 22.6 Å².